The van der Waals surface area contributed by atoms with Gasteiger partial charge in [-0.05, 0) is 66.2 Å². The van der Waals surface area contributed by atoms with Crippen LogP contribution in [0.5, 0.6) is 0 Å². The molecule has 3 unspecified atom stereocenters. The molecule has 1 heterocycles. The molecule has 0 aromatic carbocycles. The summed E-state index contributed by atoms with van der Waals surface area (Å²) >= 11 is 0. The van der Waals surface area contributed by atoms with Crippen LogP contribution in [0.4, 0.5) is 0 Å². The van der Waals surface area contributed by atoms with Crippen molar-refractivity contribution in [3.05, 3.63) is 0 Å². The van der Waals surface area contributed by atoms with E-state index >= 15 is 0 Å². The molecular formula is C21H41N3. The van der Waals surface area contributed by atoms with Crippen molar-refractivity contribution in [1.29, 1.82) is 0 Å². The molecule has 1 saturated heterocycles. The Kier molecular flexibility index (Phi) is 7.15. The van der Waals surface area contributed by atoms with Gasteiger partial charge in [-0.15, -0.1) is 0 Å². The molecular weight excluding hydrogens is 294 g/mol. The van der Waals surface area contributed by atoms with Crippen LogP contribution in [0.1, 0.15) is 98.8 Å². The molecule has 3 nitrogen and oxygen atoms in total. The molecule has 0 aromatic heterocycles. The summed E-state index contributed by atoms with van der Waals surface area (Å²) in [6.07, 6.45) is 12.9. The number of rotatable bonds is 2. The van der Waals surface area contributed by atoms with Gasteiger partial charge in [0.25, 0.3) is 0 Å². The molecule has 140 valence electrons. The predicted octanol–water partition coefficient (Wildman–Crippen LogP) is 5.13. The zero-order valence-electron chi connectivity index (χ0n) is 16.9. The van der Waals surface area contributed by atoms with Crippen molar-refractivity contribution < 1.29 is 0 Å². The Morgan fingerprint density at radius 2 is 1.71 bits per heavy atom. The molecule has 2 aliphatic rings. The van der Waals surface area contributed by atoms with Crippen molar-refractivity contribution in [3.63, 3.8) is 0 Å². The maximum atomic E-state index is 6.71. The van der Waals surface area contributed by atoms with Crippen molar-refractivity contribution in [2.75, 3.05) is 0 Å². The highest BCUT2D eigenvalue weighted by Crippen LogP contribution is 2.37. The maximum absolute atomic E-state index is 6.71. The second kappa shape index (κ2) is 8.69. The van der Waals surface area contributed by atoms with E-state index in [9.17, 15) is 0 Å². The fourth-order valence-corrected chi connectivity index (χ4v) is 4.89. The van der Waals surface area contributed by atoms with Gasteiger partial charge in [0, 0.05) is 30.1 Å². The average molecular weight is 336 g/mol. The number of fused-ring (bicyclic) bond motifs is 1. The highest BCUT2D eigenvalue weighted by atomic mass is 15.2. The lowest BCUT2D eigenvalue weighted by molar-refractivity contribution is 0.121. The van der Waals surface area contributed by atoms with Crippen molar-refractivity contribution >= 4 is 5.84 Å². The summed E-state index contributed by atoms with van der Waals surface area (Å²) in [6, 6.07) is 1.56. The fraction of sp³-hybridized carbons (Fsp3) is 0.952. The smallest absolute Gasteiger partial charge is 0.0997 e. The van der Waals surface area contributed by atoms with Crippen molar-refractivity contribution in [3.8, 4) is 0 Å². The number of piperidine rings is 1. The molecule has 24 heavy (non-hydrogen) atoms. The molecule has 0 aromatic rings. The van der Waals surface area contributed by atoms with E-state index in [0.29, 0.717) is 18.1 Å². The third-order valence-corrected chi connectivity index (χ3v) is 5.88. The van der Waals surface area contributed by atoms with E-state index < -0.39 is 0 Å². The van der Waals surface area contributed by atoms with E-state index in [-0.39, 0.29) is 5.54 Å². The molecule has 1 saturated carbocycles. The molecule has 1 aliphatic carbocycles. The molecule has 3 heteroatoms. The highest BCUT2D eigenvalue weighted by molar-refractivity contribution is 5.84. The van der Waals surface area contributed by atoms with Gasteiger partial charge in [0.15, 0.2) is 0 Å². The molecule has 3 atom stereocenters. The van der Waals surface area contributed by atoms with Crippen LogP contribution < -0.4 is 5.73 Å². The molecule has 2 fully saturated rings. The van der Waals surface area contributed by atoms with Gasteiger partial charge in [-0.1, -0.05) is 32.1 Å². The van der Waals surface area contributed by atoms with Gasteiger partial charge >= 0.3 is 0 Å². The normalized spacial score (nSPS) is 35.2. The first-order valence-electron chi connectivity index (χ1n) is 10.4. The first kappa shape index (κ1) is 19.8. The number of hydrogen-bond donors (Lipinski definition) is 1. The molecule has 0 radical (unpaired) electrons. The zero-order chi connectivity index (χ0) is 17.7. The van der Waals surface area contributed by atoms with Crippen LogP contribution in [-0.4, -0.2) is 34.4 Å². The van der Waals surface area contributed by atoms with E-state index in [2.05, 4.69) is 39.5 Å². The monoisotopic (exact) mass is 335 g/mol. The van der Waals surface area contributed by atoms with E-state index in [1.54, 1.807) is 0 Å². The first-order chi connectivity index (χ1) is 11.3. The van der Waals surface area contributed by atoms with Gasteiger partial charge in [0.1, 0.15) is 0 Å². The Labute approximate surface area is 150 Å². The fourth-order valence-electron chi connectivity index (χ4n) is 4.89. The Bertz CT molecular complexity index is 411. The number of likely N-dealkylation sites (tertiary alicyclic amines) is 1. The number of nitrogens with two attached hydrogens (primary N) is 1. The summed E-state index contributed by atoms with van der Waals surface area (Å²) in [4.78, 5) is 7.66. The lowest BCUT2D eigenvalue weighted by Gasteiger charge is -2.48. The number of amidine groups is 1. The molecule has 2 rings (SSSR count). The van der Waals surface area contributed by atoms with Crippen LogP contribution >= 0.6 is 0 Å². The van der Waals surface area contributed by atoms with E-state index in [4.69, 9.17) is 10.7 Å². The Balaban J connectivity index is 2.25. The molecule has 0 bridgehead atoms. The lowest BCUT2D eigenvalue weighted by atomic mass is 9.76. The molecule has 2 N–H and O–H groups in total. The number of aliphatic imine (C=N–C) groups is 1. The van der Waals surface area contributed by atoms with Crippen LogP contribution in [0.3, 0.4) is 0 Å². The summed E-state index contributed by atoms with van der Waals surface area (Å²) < 4.78 is 0. The summed E-state index contributed by atoms with van der Waals surface area (Å²) in [5.41, 5.74) is 6.72. The van der Waals surface area contributed by atoms with Gasteiger partial charge in [-0.3, -0.25) is 4.99 Å². The Morgan fingerprint density at radius 1 is 1.04 bits per heavy atom. The minimum absolute atomic E-state index is 0.00258. The third kappa shape index (κ3) is 5.47. The van der Waals surface area contributed by atoms with Crippen LogP contribution in [0.15, 0.2) is 4.99 Å². The highest BCUT2D eigenvalue weighted by Gasteiger charge is 2.38. The van der Waals surface area contributed by atoms with Crippen LogP contribution in [0, 0.1) is 5.92 Å². The number of hydrogen-bond acceptors (Lipinski definition) is 2. The van der Waals surface area contributed by atoms with E-state index in [1.807, 2.05) is 0 Å². The summed E-state index contributed by atoms with van der Waals surface area (Å²) in [5, 5.41) is 0. The van der Waals surface area contributed by atoms with Gasteiger partial charge < -0.3 is 10.6 Å². The molecule has 0 spiro atoms. The summed E-state index contributed by atoms with van der Waals surface area (Å²) in [7, 11) is 0. The minimum atomic E-state index is 0.00258. The Morgan fingerprint density at radius 3 is 2.38 bits per heavy atom. The zero-order valence-corrected chi connectivity index (χ0v) is 16.9. The first-order valence-corrected chi connectivity index (χ1v) is 10.4. The maximum Gasteiger partial charge on any atom is 0.0997 e. The van der Waals surface area contributed by atoms with Crippen molar-refractivity contribution in [1.82, 2.24) is 4.90 Å². The van der Waals surface area contributed by atoms with Gasteiger partial charge in [0.2, 0.25) is 0 Å². The SMILES string of the molecule is CC(C)/N=C1/CCC2CC(C)(N)CCCCCCCC2N1C(C)C. The molecule has 0 amide bonds. The van der Waals surface area contributed by atoms with E-state index in [0.717, 1.165) is 12.3 Å². The predicted molar refractivity (Wildman–Crippen MR) is 106 cm³/mol. The topological polar surface area (TPSA) is 41.6 Å². The lowest BCUT2D eigenvalue weighted by Crippen LogP contribution is -2.54. The summed E-state index contributed by atoms with van der Waals surface area (Å²) in [6.45, 7) is 11.4. The second-order valence-corrected chi connectivity index (χ2v) is 9.17. The average Bonchev–Trinajstić information content (AvgIpc) is 2.49. The quantitative estimate of drug-likeness (QED) is 0.759. The van der Waals surface area contributed by atoms with Gasteiger partial charge in [-0.25, -0.2) is 0 Å². The van der Waals surface area contributed by atoms with Crippen LogP contribution in [-0.2, 0) is 0 Å². The summed E-state index contributed by atoms with van der Waals surface area (Å²) in [5.74, 6) is 2.08. The van der Waals surface area contributed by atoms with Gasteiger partial charge in [-0.2, -0.15) is 0 Å². The van der Waals surface area contributed by atoms with Crippen LogP contribution in [0.2, 0.25) is 0 Å². The second-order valence-electron chi connectivity index (χ2n) is 9.17. The Hall–Kier alpha value is -0.570. The standard InChI is InChI=1S/C21H41N3/c1-16(2)23-20-13-12-18-15-21(5,22)14-10-8-6-7-9-11-19(18)24(20)17(3)4/h16-19H,6-15,22H2,1-5H3/b23-20-. The van der Waals surface area contributed by atoms with Gasteiger partial charge in [0.05, 0.1) is 5.84 Å². The van der Waals surface area contributed by atoms with Crippen molar-refractivity contribution in [2.24, 2.45) is 16.6 Å². The van der Waals surface area contributed by atoms with Crippen LogP contribution in [0.25, 0.3) is 0 Å². The molecule has 1 aliphatic heterocycles. The minimum Gasteiger partial charge on any atom is -0.355 e. The number of nitrogens with zero attached hydrogens (tertiary/aromatic N) is 2. The largest absolute Gasteiger partial charge is 0.355 e. The van der Waals surface area contributed by atoms with Crippen molar-refractivity contribution in [2.45, 2.75) is 122 Å². The third-order valence-electron chi connectivity index (χ3n) is 5.88. The van der Waals surface area contributed by atoms with E-state index in [1.165, 1.54) is 63.6 Å².